The molecule has 2 aromatic rings. The normalized spacial score (nSPS) is 12.1. The molecule has 1 N–H and O–H groups in total. The van der Waals surface area contributed by atoms with Crippen LogP contribution in [0.4, 0.5) is 19.0 Å². The van der Waals surface area contributed by atoms with Gasteiger partial charge in [-0.05, 0) is 6.07 Å². The third-order valence-electron chi connectivity index (χ3n) is 3.53. The van der Waals surface area contributed by atoms with Gasteiger partial charge in [-0.15, -0.1) is 0 Å². The number of esters is 1. The van der Waals surface area contributed by atoms with Crippen molar-refractivity contribution in [3.63, 3.8) is 0 Å². The average molecular weight is 366 g/mol. The lowest BCUT2D eigenvalue weighted by atomic mass is 10.0. The van der Waals surface area contributed by atoms with E-state index >= 15 is 0 Å². The van der Waals surface area contributed by atoms with Crippen LogP contribution in [0.2, 0.25) is 0 Å². The maximum Gasteiger partial charge on any atom is 0.417 e. The number of hydrogen-bond acceptors (Lipinski definition) is 5. The van der Waals surface area contributed by atoms with Gasteiger partial charge in [0.25, 0.3) is 0 Å². The Morgan fingerprint density at radius 2 is 2.12 bits per heavy atom. The molecular formula is C17H17F3N4O2. The van der Waals surface area contributed by atoms with Crippen molar-refractivity contribution in [3.8, 4) is 0 Å². The highest BCUT2D eigenvalue weighted by Gasteiger charge is 2.36. The summed E-state index contributed by atoms with van der Waals surface area (Å²) in [5.74, 6) is -0.744. The number of nitrogens with one attached hydrogen (secondary N) is 1. The van der Waals surface area contributed by atoms with Crippen LogP contribution in [0, 0.1) is 0 Å². The summed E-state index contributed by atoms with van der Waals surface area (Å²) < 4.78 is 46.7. The summed E-state index contributed by atoms with van der Waals surface area (Å²) in [6, 6.07) is 0.838. The number of fused-ring (bicyclic) bond motifs is 1. The first-order valence-electron chi connectivity index (χ1n) is 7.44. The molecule has 0 amide bonds. The van der Waals surface area contributed by atoms with Crippen LogP contribution in [0.15, 0.2) is 37.5 Å². The molecule has 0 bridgehead atoms. The summed E-state index contributed by atoms with van der Waals surface area (Å²) in [7, 11) is 2.66. The second-order valence-electron chi connectivity index (χ2n) is 5.22. The molecule has 138 valence electrons. The summed E-state index contributed by atoms with van der Waals surface area (Å²) in [6.07, 6.45) is -0.309. The quantitative estimate of drug-likeness (QED) is 0.627. The van der Waals surface area contributed by atoms with Crippen molar-refractivity contribution >= 4 is 28.4 Å². The first-order valence-corrected chi connectivity index (χ1v) is 7.44. The number of carbonyl (C=O) groups is 1. The van der Waals surface area contributed by atoms with Crippen LogP contribution >= 0.6 is 0 Å². The number of aryl methyl sites for hydroxylation is 1. The molecular weight excluding hydrogens is 349 g/mol. The molecule has 2 heterocycles. The van der Waals surface area contributed by atoms with E-state index in [1.807, 2.05) is 0 Å². The Kier molecular flexibility index (Phi) is 5.49. The molecule has 0 aliphatic heterocycles. The minimum atomic E-state index is -4.65. The number of halogens is 3. The number of rotatable bonds is 6. The molecule has 0 radical (unpaired) electrons. The molecule has 0 saturated heterocycles. The van der Waals surface area contributed by atoms with Crippen LogP contribution in [0.5, 0.6) is 0 Å². The summed E-state index contributed by atoms with van der Waals surface area (Å²) in [5.41, 5.74) is -0.432. The zero-order chi connectivity index (χ0) is 19.5. The van der Waals surface area contributed by atoms with E-state index in [2.05, 4.69) is 33.3 Å². The van der Waals surface area contributed by atoms with Crippen LogP contribution in [-0.2, 0) is 22.8 Å². The average Bonchev–Trinajstić information content (AvgIpc) is 2.92. The first kappa shape index (κ1) is 19.2. The zero-order valence-electron chi connectivity index (χ0n) is 14.2. The van der Waals surface area contributed by atoms with Gasteiger partial charge in [0.15, 0.2) is 5.65 Å². The fourth-order valence-corrected chi connectivity index (χ4v) is 2.37. The van der Waals surface area contributed by atoms with Gasteiger partial charge in [-0.1, -0.05) is 31.4 Å². The van der Waals surface area contributed by atoms with Gasteiger partial charge in [0.2, 0.25) is 0 Å². The molecule has 0 saturated carbocycles. The summed E-state index contributed by atoms with van der Waals surface area (Å²) in [6.45, 7) is 6.84. The topological polar surface area (TPSA) is 69.0 Å². The van der Waals surface area contributed by atoms with Gasteiger partial charge in [-0.2, -0.15) is 18.3 Å². The van der Waals surface area contributed by atoms with Crippen molar-refractivity contribution in [3.05, 3.63) is 48.7 Å². The molecule has 0 aromatic carbocycles. The molecule has 2 rings (SSSR count). The Balaban J connectivity index is 2.73. The monoisotopic (exact) mass is 366 g/mol. The van der Waals surface area contributed by atoms with Crippen LogP contribution in [-0.4, -0.2) is 34.4 Å². The lowest BCUT2D eigenvalue weighted by Crippen LogP contribution is -2.17. The summed E-state index contributed by atoms with van der Waals surface area (Å²) in [5, 5.41) is 6.52. The lowest BCUT2D eigenvalue weighted by molar-refractivity contribution is -0.138. The number of hydrogen-bond donors (Lipinski definition) is 1. The number of anilines is 1. The Bertz CT molecular complexity index is 898. The Morgan fingerprint density at radius 1 is 1.42 bits per heavy atom. The maximum atomic E-state index is 13.7. The maximum absolute atomic E-state index is 13.7. The van der Waals surface area contributed by atoms with E-state index in [9.17, 15) is 18.0 Å². The Labute approximate surface area is 147 Å². The fourth-order valence-electron chi connectivity index (χ4n) is 2.37. The highest BCUT2D eigenvalue weighted by atomic mass is 19.4. The van der Waals surface area contributed by atoms with Crippen LogP contribution in [0.3, 0.4) is 0 Å². The SMILES string of the molecule is C=C/C=C(\C=C)c1nn(C)c2nc(NCC(=O)OC)cc(C(F)(F)F)c12. The van der Waals surface area contributed by atoms with Crippen LogP contribution in [0.1, 0.15) is 11.3 Å². The van der Waals surface area contributed by atoms with Crippen molar-refractivity contribution in [1.29, 1.82) is 0 Å². The van der Waals surface area contributed by atoms with Gasteiger partial charge in [-0.3, -0.25) is 4.79 Å². The second kappa shape index (κ2) is 7.42. The number of aromatic nitrogens is 3. The van der Waals surface area contributed by atoms with Gasteiger partial charge in [0.1, 0.15) is 18.1 Å². The predicted octanol–water partition coefficient (Wildman–Crippen LogP) is 3.33. The second-order valence-corrected chi connectivity index (χ2v) is 5.22. The van der Waals surface area contributed by atoms with Crippen molar-refractivity contribution in [2.24, 2.45) is 7.05 Å². The van der Waals surface area contributed by atoms with E-state index in [1.165, 1.54) is 37.1 Å². The van der Waals surface area contributed by atoms with Crippen molar-refractivity contribution in [2.45, 2.75) is 6.18 Å². The van der Waals surface area contributed by atoms with E-state index in [0.29, 0.717) is 5.57 Å². The van der Waals surface area contributed by atoms with Gasteiger partial charge < -0.3 is 10.1 Å². The van der Waals surface area contributed by atoms with Crippen molar-refractivity contribution < 1.29 is 22.7 Å². The van der Waals surface area contributed by atoms with Gasteiger partial charge in [0, 0.05) is 12.6 Å². The Morgan fingerprint density at radius 3 is 2.65 bits per heavy atom. The summed E-state index contributed by atoms with van der Waals surface area (Å²) in [4.78, 5) is 15.4. The molecule has 0 unspecified atom stereocenters. The minimum absolute atomic E-state index is 0.0130. The molecule has 0 aliphatic rings. The standard InChI is InChI=1S/C17H17F3N4O2/c1-5-7-10(6-2)15-14-11(17(18,19)20)8-12(21-9-13(25)26-4)22-16(14)24(3)23-15/h5-8H,1-2,9H2,3-4H3,(H,21,22)/b10-7+. The number of ether oxygens (including phenoxy) is 1. The lowest BCUT2D eigenvalue weighted by Gasteiger charge is -2.12. The van der Waals surface area contributed by atoms with Gasteiger partial charge in [0.05, 0.1) is 18.1 Å². The third-order valence-corrected chi connectivity index (χ3v) is 3.53. The number of pyridine rings is 1. The van der Waals surface area contributed by atoms with Crippen LogP contribution in [0.25, 0.3) is 16.6 Å². The number of allylic oxidation sites excluding steroid dienone is 4. The number of methoxy groups -OCH3 is 1. The molecule has 0 fully saturated rings. The Hall–Kier alpha value is -3.10. The molecule has 6 nitrogen and oxygen atoms in total. The van der Waals surface area contributed by atoms with Crippen molar-refractivity contribution in [2.75, 3.05) is 19.0 Å². The van der Waals surface area contributed by atoms with Gasteiger partial charge >= 0.3 is 12.1 Å². The smallest absolute Gasteiger partial charge is 0.417 e. The van der Waals surface area contributed by atoms with Gasteiger partial charge in [-0.25, -0.2) is 9.67 Å². The number of carbonyl (C=O) groups excluding carboxylic acids is 1. The molecule has 2 aromatic heterocycles. The molecule has 0 spiro atoms. The first-order chi connectivity index (χ1) is 12.2. The van der Waals surface area contributed by atoms with E-state index in [4.69, 9.17) is 0 Å². The highest BCUT2D eigenvalue weighted by molar-refractivity contribution is 5.95. The third kappa shape index (κ3) is 3.76. The zero-order valence-corrected chi connectivity index (χ0v) is 14.2. The van der Waals surface area contributed by atoms with E-state index in [1.54, 1.807) is 0 Å². The van der Waals surface area contributed by atoms with E-state index in [0.717, 1.165) is 6.07 Å². The molecule has 0 atom stereocenters. The van der Waals surface area contributed by atoms with Crippen LogP contribution < -0.4 is 5.32 Å². The number of alkyl halides is 3. The van der Waals surface area contributed by atoms with Crippen molar-refractivity contribution in [1.82, 2.24) is 14.8 Å². The molecule has 0 aliphatic carbocycles. The molecule has 26 heavy (non-hydrogen) atoms. The number of nitrogens with zero attached hydrogens (tertiary/aromatic N) is 3. The summed E-state index contributed by atoms with van der Waals surface area (Å²) >= 11 is 0. The highest BCUT2D eigenvalue weighted by Crippen LogP contribution is 2.39. The fraction of sp³-hybridized carbons (Fsp3) is 0.235. The minimum Gasteiger partial charge on any atom is -0.468 e. The van der Waals surface area contributed by atoms with E-state index in [-0.39, 0.29) is 29.1 Å². The molecule has 9 heteroatoms. The van der Waals surface area contributed by atoms with E-state index < -0.39 is 17.7 Å². The largest absolute Gasteiger partial charge is 0.468 e. The predicted molar refractivity (Wildman–Crippen MR) is 92.4 cm³/mol.